The standard InChI is InChI=1S/C11H18N2O4S/c1-8-3-9(12)5-11(4-8)18(15,16)13-6-10(14)7-17-2/h3-5,10,13-14H,6-7,12H2,1-2H3. The van der Waals surface area contributed by atoms with Crippen LogP contribution in [0.5, 0.6) is 0 Å². The third-order valence-corrected chi connectivity index (χ3v) is 3.65. The minimum Gasteiger partial charge on any atom is -0.399 e. The van der Waals surface area contributed by atoms with Crippen LogP contribution in [-0.4, -0.2) is 39.9 Å². The number of sulfonamides is 1. The quantitative estimate of drug-likeness (QED) is 0.627. The number of hydrogen-bond donors (Lipinski definition) is 3. The molecule has 0 aliphatic heterocycles. The van der Waals surface area contributed by atoms with E-state index in [-0.39, 0.29) is 18.0 Å². The Kier molecular flexibility index (Phi) is 5.09. The van der Waals surface area contributed by atoms with E-state index in [1.165, 1.54) is 19.2 Å². The van der Waals surface area contributed by atoms with Gasteiger partial charge in [-0.05, 0) is 30.7 Å². The van der Waals surface area contributed by atoms with Crippen LogP contribution in [-0.2, 0) is 14.8 Å². The first kappa shape index (κ1) is 14.9. The summed E-state index contributed by atoms with van der Waals surface area (Å²) < 4.78 is 30.9. The number of aliphatic hydroxyl groups excluding tert-OH is 1. The third-order valence-electron chi connectivity index (χ3n) is 2.25. The van der Waals surface area contributed by atoms with Crippen molar-refractivity contribution in [2.45, 2.75) is 17.9 Å². The summed E-state index contributed by atoms with van der Waals surface area (Å²) in [6.45, 7) is 1.72. The SMILES string of the molecule is COCC(O)CNS(=O)(=O)c1cc(C)cc(N)c1. The first-order chi connectivity index (χ1) is 8.35. The number of nitrogens with one attached hydrogen (secondary N) is 1. The molecule has 0 saturated heterocycles. The van der Waals surface area contributed by atoms with Gasteiger partial charge in [-0.1, -0.05) is 0 Å². The fraction of sp³-hybridized carbons (Fsp3) is 0.455. The second-order valence-corrected chi connectivity index (χ2v) is 5.81. The number of rotatable bonds is 6. The Balaban J connectivity index is 2.80. The molecule has 0 heterocycles. The lowest BCUT2D eigenvalue weighted by Gasteiger charge is -2.12. The van der Waals surface area contributed by atoms with Crippen molar-refractivity contribution in [3.63, 3.8) is 0 Å². The maximum Gasteiger partial charge on any atom is 0.240 e. The van der Waals surface area contributed by atoms with Gasteiger partial charge in [0.15, 0.2) is 0 Å². The second-order valence-electron chi connectivity index (χ2n) is 4.04. The van der Waals surface area contributed by atoms with E-state index < -0.39 is 16.1 Å². The first-order valence-electron chi connectivity index (χ1n) is 5.39. The zero-order chi connectivity index (χ0) is 13.8. The van der Waals surface area contributed by atoms with Crippen molar-refractivity contribution in [2.75, 3.05) is 26.0 Å². The van der Waals surface area contributed by atoms with Crippen LogP contribution in [0.2, 0.25) is 0 Å². The predicted molar refractivity (Wildman–Crippen MR) is 68.7 cm³/mol. The largest absolute Gasteiger partial charge is 0.399 e. The molecule has 0 fully saturated rings. The Hall–Kier alpha value is -1.15. The Morgan fingerprint density at radius 2 is 2.11 bits per heavy atom. The van der Waals surface area contributed by atoms with Gasteiger partial charge in [-0.15, -0.1) is 0 Å². The Morgan fingerprint density at radius 1 is 1.44 bits per heavy atom. The molecule has 1 unspecified atom stereocenters. The van der Waals surface area contributed by atoms with Gasteiger partial charge in [-0.3, -0.25) is 0 Å². The molecule has 0 bridgehead atoms. The summed E-state index contributed by atoms with van der Waals surface area (Å²) in [4.78, 5) is 0.0876. The average molecular weight is 274 g/mol. The summed E-state index contributed by atoms with van der Waals surface area (Å²) in [5.74, 6) is 0. The lowest BCUT2D eigenvalue weighted by atomic mass is 10.2. The van der Waals surface area contributed by atoms with Crippen molar-refractivity contribution >= 4 is 15.7 Å². The molecule has 6 nitrogen and oxygen atoms in total. The Labute approximate surface area is 107 Å². The molecule has 1 aromatic rings. The number of ether oxygens (including phenoxy) is 1. The van der Waals surface area contributed by atoms with Crippen molar-refractivity contribution in [3.05, 3.63) is 23.8 Å². The molecule has 7 heteroatoms. The van der Waals surface area contributed by atoms with Gasteiger partial charge in [-0.2, -0.15) is 0 Å². The highest BCUT2D eigenvalue weighted by Gasteiger charge is 2.16. The van der Waals surface area contributed by atoms with E-state index in [2.05, 4.69) is 4.72 Å². The lowest BCUT2D eigenvalue weighted by Crippen LogP contribution is -2.34. The van der Waals surface area contributed by atoms with Crippen molar-refractivity contribution in [1.29, 1.82) is 0 Å². The van der Waals surface area contributed by atoms with E-state index in [0.717, 1.165) is 5.56 Å². The molecule has 0 spiro atoms. The van der Waals surface area contributed by atoms with E-state index in [1.54, 1.807) is 13.0 Å². The molecule has 0 radical (unpaired) electrons. The first-order valence-corrected chi connectivity index (χ1v) is 6.87. The monoisotopic (exact) mass is 274 g/mol. The Bertz CT molecular complexity index is 482. The molecular weight excluding hydrogens is 256 g/mol. The molecule has 1 aromatic carbocycles. The van der Waals surface area contributed by atoms with Crippen molar-refractivity contribution in [1.82, 2.24) is 4.72 Å². The average Bonchev–Trinajstić information content (AvgIpc) is 2.26. The predicted octanol–water partition coefficient (Wildman–Crippen LogP) is -0.137. The van der Waals surface area contributed by atoms with Gasteiger partial charge in [0.1, 0.15) is 0 Å². The fourth-order valence-corrected chi connectivity index (χ4v) is 2.68. The van der Waals surface area contributed by atoms with Crippen LogP contribution < -0.4 is 10.5 Å². The zero-order valence-corrected chi connectivity index (χ0v) is 11.2. The topological polar surface area (TPSA) is 102 Å². The van der Waals surface area contributed by atoms with Crippen molar-refractivity contribution in [2.24, 2.45) is 0 Å². The number of aliphatic hydroxyl groups is 1. The molecule has 0 amide bonds. The molecule has 1 atom stereocenters. The smallest absolute Gasteiger partial charge is 0.240 e. The number of nitrogen functional groups attached to an aromatic ring is 1. The summed E-state index contributed by atoms with van der Waals surface area (Å²) in [6, 6.07) is 4.57. The van der Waals surface area contributed by atoms with Gasteiger partial charge in [0.2, 0.25) is 10.0 Å². The van der Waals surface area contributed by atoms with E-state index in [9.17, 15) is 13.5 Å². The molecule has 0 saturated carbocycles. The maximum atomic E-state index is 11.9. The van der Waals surface area contributed by atoms with Crippen LogP contribution >= 0.6 is 0 Å². The van der Waals surface area contributed by atoms with Crippen LogP contribution in [0.3, 0.4) is 0 Å². The van der Waals surface area contributed by atoms with Gasteiger partial charge in [0, 0.05) is 19.3 Å². The second kappa shape index (κ2) is 6.14. The van der Waals surface area contributed by atoms with Crippen LogP contribution in [0.25, 0.3) is 0 Å². The Morgan fingerprint density at radius 3 is 2.67 bits per heavy atom. The highest BCUT2D eigenvalue weighted by atomic mass is 32.2. The molecule has 18 heavy (non-hydrogen) atoms. The van der Waals surface area contributed by atoms with E-state index in [1.807, 2.05) is 0 Å². The number of aryl methyl sites for hydroxylation is 1. The van der Waals surface area contributed by atoms with E-state index in [0.29, 0.717) is 5.69 Å². The number of nitrogens with two attached hydrogens (primary N) is 1. The molecule has 1 rings (SSSR count). The number of hydrogen-bond acceptors (Lipinski definition) is 5. The molecule has 0 aliphatic carbocycles. The number of benzene rings is 1. The molecule has 4 N–H and O–H groups in total. The van der Waals surface area contributed by atoms with Gasteiger partial charge >= 0.3 is 0 Å². The van der Waals surface area contributed by atoms with E-state index >= 15 is 0 Å². The van der Waals surface area contributed by atoms with Crippen LogP contribution in [0.1, 0.15) is 5.56 Å². The summed E-state index contributed by atoms with van der Waals surface area (Å²) in [7, 11) is -2.23. The van der Waals surface area contributed by atoms with Gasteiger partial charge in [0.25, 0.3) is 0 Å². The molecule has 0 aliphatic rings. The minimum atomic E-state index is -3.66. The van der Waals surface area contributed by atoms with Gasteiger partial charge in [-0.25, -0.2) is 13.1 Å². The van der Waals surface area contributed by atoms with Crippen LogP contribution in [0.15, 0.2) is 23.1 Å². The van der Waals surface area contributed by atoms with Gasteiger partial charge < -0.3 is 15.6 Å². The normalized spacial score (nSPS) is 13.5. The van der Waals surface area contributed by atoms with Gasteiger partial charge in [0.05, 0.1) is 17.6 Å². The number of methoxy groups -OCH3 is 1. The molecule has 0 aromatic heterocycles. The number of anilines is 1. The lowest BCUT2D eigenvalue weighted by molar-refractivity contribution is 0.0679. The van der Waals surface area contributed by atoms with Crippen molar-refractivity contribution in [3.8, 4) is 0 Å². The third kappa shape index (κ3) is 4.26. The van der Waals surface area contributed by atoms with Crippen LogP contribution in [0, 0.1) is 6.92 Å². The van der Waals surface area contributed by atoms with Crippen LogP contribution in [0.4, 0.5) is 5.69 Å². The van der Waals surface area contributed by atoms with E-state index in [4.69, 9.17) is 10.5 Å². The summed E-state index contributed by atoms with van der Waals surface area (Å²) in [6.07, 6.45) is -0.882. The highest BCUT2D eigenvalue weighted by molar-refractivity contribution is 7.89. The summed E-state index contributed by atoms with van der Waals surface area (Å²) in [5, 5.41) is 9.39. The fourth-order valence-electron chi connectivity index (χ4n) is 1.47. The minimum absolute atomic E-state index is 0.0679. The maximum absolute atomic E-state index is 11.9. The summed E-state index contributed by atoms with van der Waals surface area (Å²) >= 11 is 0. The zero-order valence-electron chi connectivity index (χ0n) is 10.4. The highest BCUT2D eigenvalue weighted by Crippen LogP contribution is 2.15. The summed E-state index contributed by atoms with van der Waals surface area (Å²) in [5.41, 5.74) is 6.74. The molecular formula is C11H18N2O4S. The van der Waals surface area contributed by atoms with Crippen molar-refractivity contribution < 1.29 is 18.3 Å². The molecule has 102 valence electrons.